The van der Waals surface area contributed by atoms with E-state index in [1.807, 2.05) is 0 Å². The van der Waals surface area contributed by atoms with Gasteiger partial charge in [-0.1, -0.05) is 111 Å². The monoisotopic (exact) mass is 1360 g/mol. The first-order valence-electron chi connectivity index (χ1n) is 31.9. The van der Waals surface area contributed by atoms with Crippen LogP contribution in [0.4, 0.5) is 0 Å². The van der Waals surface area contributed by atoms with Gasteiger partial charge in [0.15, 0.2) is 5.96 Å². The number of aliphatic imine (C=N–C) groups is 1. The van der Waals surface area contributed by atoms with Gasteiger partial charge < -0.3 is 95.9 Å². The highest BCUT2D eigenvalue weighted by Crippen LogP contribution is 2.22. The van der Waals surface area contributed by atoms with E-state index < -0.39 is 176 Å². The third-order valence-electron chi connectivity index (χ3n) is 15.6. The summed E-state index contributed by atoms with van der Waals surface area (Å²) in [6.07, 6.45) is -1.26. The van der Waals surface area contributed by atoms with Gasteiger partial charge in [0.05, 0.1) is 6.61 Å². The Morgan fingerprint density at radius 3 is 1.36 bits per heavy atom. The SMILES string of the molecule is CC(=O)O.CC[C@H](C)[C@H](NC(=O)[C@H](CCC(=O)O)NC(=O)[C@H](Cc1ccccc1)NC(=O)[C@H](CCCN=C(N)N)NC(=O)[C@H](CCC(=O)O)NC(=O)[C@H](Cc1ccccc1)NC(=O)[C@@H](N)CO)C(=O)N[C@@H](Cc1ccccc1)C(=O)N1CCC[C@H]1C(=O)N[C@@H](CCCCN)C(=O)O. The van der Waals surface area contributed by atoms with E-state index >= 15 is 0 Å². The maximum absolute atomic E-state index is 14.8. The lowest BCUT2D eigenvalue weighted by Gasteiger charge is -2.32. The number of guanidine groups is 1. The minimum Gasteiger partial charge on any atom is -0.481 e. The molecule has 1 fully saturated rings. The van der Waals surface area contributed by atoms with Gasteiger partial charge >= 0.3 is 17.9 Å². The van der Waals surface area contributed by atoms with Crippen molar-refractivity contribution in [1.82, 2.24) is 47.4 Å². The van der Waals surface area contributed by atoms with Gasteiger partial charge in [0.25, 0.3) is 5.97 Å². The van der Waals surface area contributed by atoms with Crippen molar-refractivity contribution < 1.29 is 87.9 Å². The Balaban J connectivity index is 0.00000595. The van der Waals surface area contributed by atoms with Crippen molar-refractivity contribution in [2.24, 2.45) is 33.8 Å². The number of likely N-dealkylation sites (tertiary alicyclic amines) is 1. The highest BCUT2D eigenvalue weighted by Gasteiger charge is 2.41. The third kappa shape index (κ3) is 30.0. The average Bonchev–Trinajstić information content (AvgIpc) is 1.77. The molecule has 532 valence electrons. The lowest BCUT2D eigenvalue weighted by Crippen LogP contribution is -2.61. The molecule has 32 nitrogen and oxygen atoms in total. The second kappa shape index (κ2) is 43.1. The van der Waals surface area contributed by atoms with Gasteiger partial charge in [0, 0.05) is 52.1 Å². The van der Waals surface area contributed by atoms with Gasteiger partial charge in [-0.3, -0.25) is 62.5 Å². The van der Waals surface area contributed by atoms with E-state index in [1.54, 1.807) is 105 Å². The predicted octanol–water partition coefficient (Wildman–Crippen LogP) is -1.96. The number of nitrogens with zero attached hydrogens (tertiary/aromatic N) is 2. The number of carbonyl (C=O) groups is 13. The van der Waals surface area contributed by atoms with Crippen molar-refractivity contribution in [2.75, 3.05) is 26.2 Å². The Kier molecular flexibility index (Phi) is 36.0. The summed E-state index contributed by atoms with van der Waals surface area (Å²) < 4.78 is 0. The molecule has 1 saturated heterocycles. The van der Waals surface area contributed by atoms with E-state index in [1.165, 1.54) is 4.90 Å². The fourth-order valence-electron chi connectivity index (χ4n) is 10.2. The van der Waals surface area contributed by atoms with Crippen LogP contribution in [0, 0.1) is 5.92 Å². The van der Waals surface area contributed by atoms with E-state index in [9.17, 15) is 78.0 Å². The first kappa shape index (κ1) is 81.2. The Labute approximate surface area is 561 Å². The van der Waals surface area contributed by atoms with Crippen molar-refractivity contribution >= 4 is 83.0 Å². The summed E-state index contributed by atoms with van der Waals surface area (Å²) in [7, 11) is 0. The minimum absolute atomic E-state index is 0.0129. The van der Waals surface area contributed by atoms with Gasteiger partial charge in [-0.25, -0.2) is 4.79 Å². The first-order chi connectivity index (χ1) is 46.1. The number of aliphatic hydroxyl groups is 1. The zero-order valence-electron chi connectivity index (χ0n) is 54.7. The summed E-state index contributed by atoms with van der Waals surface area (Å²) in [6.45, 7) is 4.01. The molecule has 0 spiro atoms. The number of unbranched alkanes of at least 4 members (excludes halogenated alkanes) is 1. The van der Waals surface area contributed by atoms with Crippen LogP contribution in [0.3, 0.4) is 0 Å². The molecule has 3 aromatic rings. The number of nitrogens with two attached hydrogens (primary N) is 4. The van der Waals surface area contributed by atoms with Gasteiger partial charge in [0.2, 0.25) is 53.2 Å². The molecule has 0 aliphatic carbocycles. The number of carbonyl (C=O) groups excluding carboxylic acids is 9. The van der Waals surface area contributed by atoms with Crippen LogP contribution >= 0.6 is 0 Å². The van der Waals surface area contributed by atoms with Crippen LogP contribution in [0.2, 0.25) is 0 Å². The molecular weight excluding hydrogens is 1260 g/mol. The molecule has 0 saturated carbocycles. The summed E-state index contributed by atoms with van der Waals surface area (Å²) >= 11 is 0. The molecule has 3 aromatic carbocycles. The molecule has 0 bridgehead atoms. The standard InChI is InChI=1S/C63H90N14O16.C2H4O2/c1-3-37(2)52(60(90)75-48(35-40-21-11-6-12-22-40)61(91)77-32-16-25-49(77)59(89)72-45(62(92)93)23-13-14-30-64)76-56(86)44(27-29-51(81)82)71-58(88)47(34-39-19-9-5-10-20-39)74-54(84)42(24-15-31-68-63(66)67)69-55(85)43(26-28-50(79)80)70-57(87)46(73-53(83)41(65)36-78)33-38-17-7-4-8-18-38;1-2(3)4/h4-12,17-22,37,41-49,52,78H,3,13-16,23-36,64-65H2,1-2H3,(H,69,85)(H,70,87)(H,71,88)(H,72,89)(H,73,83)(H,74,84)(H,75,90)(H,76,86)(H,79,80)(H,81,82)(H,92,93)(H4,66,67,68);1H3,(H,3,4)/t37-,41-,42-,43-,44-,45-,46-,47-,48-,49-,52-;/m0./s1. The molecule has 9 amide bonds. The number of nitrogens with one attached hydrogen (secondary N) is 8. The highest BCUT2D eigenvalue weighted by molar-refractivity contribution is 5.99. The molecule has 11 atom stereocenters. The van der Waals surface area contributed by atoms with E-state index in [0.29, 0.717) is 42.5 Å². The number of rotatable bonds is 41. The van der Waals surface area contributed by atoms with E-state index in [2.05, 4.69) is 47.5 Å². The van der Waals surface area contributed by atoms with Crippen LogP contribution in [0.25, 0.3) is 0 Å². The molecule has 4 rings (SSSR count). The molecule has 32 heteroatoms. The quantitative estimate of drug-likeness (QED) is 0.0167. The van der Waals surface area contributed by atoms with E-state index in [4.69, 9.17) is 32.8 Å². The molecule has 1 heterocycles. The van der Waals surface area contributed by atoms with Crippen LogP contribution in [-0.4, -0.2) is 200 Å². The molecule has 97 heavy (non-hydrogen) atoms. The van der Waals surface area contributed by atoms with Crippen molar-refractivity contribution in [3.63, 3.8) is 0 Å². The first-order valence-corrected chi connectivity index (χ1v) is 31.9. The van der Waals surface area contributed by atoms with Crippen LogP contribution in [0.1, 0.15) is 115 Å². The lowest BCUT2D eigenvalue weighted by atomic mass is 9.96. The Bertz CT molecular complexity index is 3120. The normalized spacial score (nSPS) is 15.5. The van der Waals surface area contributed by atoms with Gasteiger partial charge in [-0.2, -0.15) is 0 Å². The van der Waals surface area contributed by atoms with E-state index in [0.717, 1.165) is 6.92 Å². The van der Waals surface area contributed by atoms with Crippen LogP contribution in [0.5, 0.6) is 0 Å². The lowest BCUT2D eigenvalue weighted by molar-refractivity contribution is -0.145. The Morgan fingerprint density at radius 1 is 0.536 bits per heavy atom. The number of benzene rings is 3. The van der Waals surface area contributed by atoms with Crippen molar-refractivity contribution in [1.29, 1.82) is 0 Å². The molecule has 21 N–H and O–H groups in total. The van der Waals surface area contributed by atoms with Crippen LogP contribution < -0.4 is 65.5 Å². The Morgan fingerprint density at radius 2 is 0.938 bits per heavy atom. The van der Waals surface area contributed by atoms with Gasteiger partial charge in [0.1, 0.15) is 60.4 Å². The summed E-state index contributed by atoms with van der Waals surface area (Å²) in [5, 5.41) is 67.1. The maximum atomic E-state index is 14.8. The fourth-order valence-corrected chi connectivity index (χ4v) is 10.2. The fraction of sp³-hybridized carbons (Fsp3) is 0.508. The van der Waals surface area contributed by atoms with Gasteiger partial charge in [-0.15, -0.1) is 0 Å². The average molecular weight is 1360 g/mol. The molecule has 0 unspecified atom stereocenters. The molecule has 1 aliphatic rings. The van der Waals surface area contributed by atoms with Crippen LogP contribution in [-0.2, 0) is 81.6 Å². The smallest absolute Gasteiger partial charge is 0.326 e. The topological polar surface area (TPSA) is 539 Å². The highest BCUT2D eigenvalue weighted by atomic mass is 16.4. The summed E-state index contributed by atoms with van der Waals surface area (Å²) in [5.41, 5.74) is 24.1. The van der Waals surface area contributed by atoms with Crippen LogP contribution in [0.15, 0.2) is 96.0 Å². The number of amides is 9. The summed E-state index contributed by atoms with van der Waals surface area (Å²) in [5.74, 6) is -14.0. The number of hydrogen-bond donors (Lipinski definition) is 17. The number of carboxylic acids is 4. The minimum atomic E-state index is -1.71. The van der Waals surface area contributed by atoms with Crippen molar-refractivity contribution in [3.8, 4) is 0 Å². The van der Waals surface area contributed by atoms with E-state index in [-0.39, 0.29) is 70.4 Å². The second-order valence-corrected chi connectivity index (χ2v) is 23.3. The molecule has 0 aromatic heterocycles. The Hall–Kier alpha value is -10.1. The molecule has 0 radical (unpaired) electrons. The molecule has 1 aliphatic heterocycles. The number of aliphatic hydroxyl groups excluding tert-OH is 1. The summed E-state index contributed by atoms with van der Waals surface area (Å²) in [6, 6.07) is 10.7. The second-order valence-electron chi connectivity index (χ2n) is 23.3. The number of hydrogen-bond acceptors (Lipinski definition) is 17. The third-order valence-corrected chi connectivity index (χ3v) is 15.6. The number of carboxylic acid groups (broad SMARTS) is 4. The van der Waals surface area contributed by atoms with Crippen molar-refractivity contribution in [3.05, 3.63) is 108 Å². The predicted molar refractivity (Wildman–Crippen MR) is 353 cm³/mol. The zero-order chi connectivity index (χ0) is 72.1. The molecular formula is C65H94N14O18. The summed E-state index contributed by atoms with van der Waals surface area (Å²) in [4.78, 5) is 179. The maximum Gasteiger partial charge on any atom is 0.326 e. The largest absolute Gasteiger partial charge is 0.481 e. The van der Waals surface area contributed by atoms with Crippen molar-refractivity contribution in [2.45, 2.75) is 178 Å². The van der Waals surface area contributed by atoms with Gasteiger partial charge in [-0.05, 0) is 86.9 Å². The number of aliphatic carboxylic acids is 4. The zero-order valence-corrected chi connectivity index (χ0v) is 54.7.